The zero-order valence-electron chi connectivity index (χ0n) is 22.8. The predicted molar refractivity (Wildman–Crippen MR) is 173 cm³/mol. The Morgan fingerprint density at radius 2 is 1.34 bits per heavy atom. The van der Waals surface area contributed by atoms with E-state index in [-0.39, 0.29) is 0 Å². The van der Waals surface area contributed by atoms with Crippen LogP contribution in [0.25, 0.3) is 32.7 Å². The molecule has 0 aromatic heterocycles. The molecule has 6 aromatic rings. The molecule has 2 heteroatoms. The van der Waals surface area contributed by atoms with E-state index in [2.05, 4.69) is 95.2 Å². The zero-order chi connectivity index (χ0) is 28.7. The summed E-state index contributed by atoms with van der Waals surface area (Å²) < 4.78 is 3.34. The van der Waals surface area contributed by atoms with E-state index in [9.17, 15) is 0 Å². The topological polar surface area (TPSA) is 0 Å². The molecule has 0 heterocycles. The van der Waals surface area contributed by atoms with E-state index in [4.69, 9.17) is 11.6 Å². The second-order valence-electron chi connectivity index (χ2n) is 8.99. The Balaban J connectivity index is 0.000000158. The average Bonchev–Trinajstić information content (AvgIpc) is 3.77. The summed E-state index contributed by atoms with van der Waals surface area (Å²) in [5.74, 6) is 0. The molecule has 0 spiro atoms. The standard InChI is InChI=1S/C21H13.C6H4Cl.C6H5.C5H5.CH2.Zr/c1-2-8-15-14(7-1)13-20-18-11-4-3-9-16(18)17-10-5-6-12-19(17)21(15)20;7-6-4-2-1-3-5-6;1-2-4-6-5-3-1;1-2-4-5-3-1;;/h1-10,12H,13H2;2-5H;1-5H;1-3H,4H2;1H2;/q4*-1;;. The third-order valence-corrected chi connectivity index (χ3v) is 6.72. The maximum atomic E-state index is 5.52. The van der Waals surface area contributed by atoms with E-state index in [0.29, 0.717) is 0 Å². The van der Waals surface area contributed by atoms with Crippen LogP contribution < -0.4 is 0 Å². The zero-order valence-corrected chi connectivity index (χ0v) is 26.0. The Labute approximate surface area is 264 Å². The number of hydrogen-bond donors (Lipinski definition) is 0. The molecule has 0 nitrogen and oxygen atoms in total. The number of benzene rings is 6. The minimum Gasteiger partial charge on any atom is -0.184 e. The minimum absolute atomic E-state index is 0.763. The predicted octanol–water partition coefficient (Wildman–Crippen LogP) is 10.3. The first-order valence-corrected chi connectivity index (χ1v) is 15.5. The van der Waals surface area contributed by atoms with Crippen molar-refractivity contribution in [2.75, 3.05) is 0 Å². The summed E-state index contributed by atoms with van der Waals surface area (Å²) in [6.45, 7) is 0. The van der Waals surface area contributed by atoms with E-state index < -0.39 is 0 Å². The quantitative estimate of drug-likeness (QED) is 0.116. The second kappa shape index (κ2) is 16.6. The van der Waals surface area contributed by atoms with Crippen LogP contribution in [0, 0.1) is 24.3 Å². The van der Waals surface area contributed by atoms with Gasteiger partial charge >= 0.3 is 28.4 Å². The van der Waals surface area contributed by atoms with E-state index >= 15 is 0 Å². The molecule has 0 radical (unpaired) electrons. The van der Waals surface area contributed by atoms with Crippen molar-refractivity contribution in [3.05, 3.63) is 180 Å². The Morgan fingerprint density at radius 1 is 0.659 bits per heavy atom. The van der Waals surface area contributed by atoms with Crippen LogP contribution in [-0.2, 0) is 30.7 Å². The molecule has 0 bridgehead atoms. The summed E-state index contributed by atoms with van der Waals surface area (Å²) in [7, 11) is 0. The number of hydrogen-bond acceptors (Lipinski definition) is 0. The summed E-state index contributed by atoms with van der Waals surface area (Å²) in [5, 5.41) is 6.06. The number of rotatable bonds is 0. The molecule has 200 valence electrons. The summed E-state index contributed by atoms with van der Waals surface area (Å²) in [6, 6.07) is 49.8. The molecule has 0 saturated heterocycles. The van der Waals surface area contributed by atoms with Crippen molar-refractivity contribution in [1.29, 1.82) is 0 Å². The number of fused-ring (bicyclic) bond motifs is 8. The van der Waals surface area contributed by atoms with Gasteiger partial charge < -0.3 is 0 Å². The van der Waals surface area contributed by atoms with Crippen molar-refractivity contribution in [3.63, 3.8) is 0 Å². The van der Waals surface area contributed by atoms with Gasteiger partial charge in [-0.2, -0.15) is 72.8 Å². The van der Waals surface area contributed by atoms with Crippen LogP contribution >= 0.6 is 11.6 Å². The molecule has 0 atom stereocenters. The van der Waals surface area contributed by atoms with Gasteiger partial charge in [-0.3, -0.25) is 6.08 Å². The minimum atomic E-state index is 0.763. The Kier molecular flexibility index (Phi) is 12.3. The van der Waals surface area contributed by atoms with Gasteiger partial charge in [-0.1, -0.05) is 58.9 Å². The maximum absolute atomic E-state index is 5.52. The van der Waals surface area contributed by atoms with Crippen molar-refractivity contribution in [3.8, 4) is 11.1 Å². The SMILES string of the molecule is Clc1cc[c-]cc1.[C-]1=CC=CC1.[CH2]=[Zr].[c-]1cccc2c1c1c(c3ccccc32)-c2ccccc2C1.[c-]1ccccc1. The van der Waals surface area contributed by atoms with Gasteiger partial charge in [-0.25, -0.2) is 12.2 Å². The van der Waals surface area contributed by atoms with Gasteiger partial charge in [0.2, 0.25) is 0 Å². The van der Waals surface area contributed by atoms with E-state index in [1.807, 2.05) is 48.6 Å². The molecule has 0 N–H and O–H groups in total. The maximum Gasteiger partial charge on any atom is -0.0240 e. The fraction of sp³-hybridized carbons (Fsp3) is 0.0513. The van der Waals surface area contributed by atoms with Crippen LogP contribution in [0.5, 0.6) is 0 Å². The molecule has 41 heavy (non-hydrogen) atoms. The molecule has 6 aromatic carbocycles. The molecule has 0 saturated carbocycles. The van der Waals surface area contributed by atoms with E-state index in [1.54, 1.807) is 24.3 Å². The van der Waals surface area contributed by atoms with Gasteiger partial charge in [-0.05, 0) is 28.5 Å². The fourth-order valence-corrected chi connectivity index (χ4v) is 4.90. The van der Waals surface area contributed by atoms with Crippen LogP contribution in [-0.4, -0.2) is 4.21 Å². The summed E-state index contributed by atoms with van der Waals surface area (Å²) in [5.41, 5.74) is 5.67. The van der Waals surface area contributed by atoms with E-state index in [0.717, 1.165) is 17.9 Å². The van der Waals surface area contributed by atoms with Crippen LogP contribution in [0.3, 0.4) is 0 Å². The van der Waals surface area contributed by atoms with Gasteiger partial charge in [0, 0.05) is 0 Å². The van der Waals surface area contributed by atoms with Crippen molar-refractivity contribution in [2.45, 2.75) is 12.8 Å². The third kappa shape index (κ3) is 8.20. The fourth-order valence-electron chi connectivity index (χ4n) is 4.78. The van der Waals surface area contributed by atoms with Gasteiger partial charge in [0.1, 0.15) is 0 Å². The van der Waals surface area contributed by atoms with E-state index in [1.165, 1.54) is 68.0 Å². The van der Waals surface area contributed by atoms with Crippen molar-refractivity contribution in [1.82, 2.24) is 0 Å². The molecular weight excluding hydrogens is 595 g/mol. The van der Waals surface area contributed by atoms with Crippen LogP contribution in [0.4, 0.5) is 0 Å². The Bertz CT molecular complexity index is 1680. The first-order valence-electron chi connectivity index (χ1n) is 13.3. The first-order chi connectivity index (χ1) is 20.3. The summed E-state index contributed by atoms with van der Waals surface area (Å²) in [6.07, 6.45) is 11.0. The molecular formula is C39H29ClZr-4. The molecule has 8 rings (SSSR count). The molecule has 0 fully saturated rings. The van der Waals surface area contributed by atoms with Crippen molar-refractivity contribution in [2.24, 2.45) is 0 Å². The first kappa shape index (κ1) is 30.3. The summed E-state index contributed by atoms with van der Waals surface area (Å²) in [4.78, 5) is 0. The molecule has 0 unspecified atom stereocenters. The van der Waals surface area contributed by atoms with Crippen LogP contribution in [0.2, 0.25) is 5.02 Å². The van der Waals surface area contributed by atoms with Gasteiger partial charge in [-0.15, -0.1) is 58.6 Å². The second-order valence-corrected chi connectivity index (χ2v) is 9.43. The van der Waals surface area contributed by atoms with Crippen molar-refractivity contribution >= 4 is 37.4 Å². The molecule has 2 aliphatic carbocycles. The third-order valence-electron chi connectivity index (χ3n) is 6.47. The number of halogens is 1. The Morgan fingerprint density at radius 3 is 1.93 bits per heavy atom. The molecule has 2 aliphatic rings. The monoisotopic (exact) mass is 622 g/mol. The Hall–Kier alpha value is -3.64. The summed E-state index contributed by atoms with van der Waals surface area (Å²) >= 11 is 6.82. The van der Waals surface area contributed by atoms with Crippen LogP contribution in [0.1, 0.15) is 17.5 Å². The molecule has 0 aliphatic heterocycles. The van der Waals surface area contributed by atoms with Gasteiger partial charge in [0.25, 0.3) is 0 Å². The normalized spacial score (nSPS) is 11.3. The van der Waals surface area contributed by atoms with Gasteiger partial charge in [0.15, 0.2) is 0 Å². The van der Waals surface area contributed by atoms with Crippen molar-refractivity contribution < 1.29 is 24.2 Å². The van der Waals surface area contributed by atoms with Crippen LogP contribution in [0.15, 0.2) is 140 Å². The average molecular weight is 624 g/mol. The van der Waals surface area contributed by atoms with Gasteiger partial charge in [0.05, 0.1) is 0 Å². The smallest absolute Gasteiger partial charge is 0.0240 e. The molecule has 0 amide bonds. The largest absolute Gasteiger partial charge is 0.184 e. The number of allylic oxidation sites excluding steroid dienone is 4.